The second-order valence-corrected chi connectivity index (χ2v) is 7.60. The van der Waals surface area contributed by atoms with Crippen LogP contribution < -0.4 is 5.32 Å². The van der Waals surface area contributed by atoms with E-state index in [0.29, 0.717) is 0 Å². The molecule has 0 radical (unpaired) electrons. The molecule has 3 aromatic heterocycles. The van der Waals surface area contributed by atoms with Gasteiger partial charge < -0.3 is 5.32 Å². The maximum atomic E-state index is 12.6. The van der Waals surface area contributed by atoms with Gasteiger partial charge in [-0.15, -0.1) is 22.7 Å². The first kappa shape index (κ1) is 15.8. The molecule has 0 fully saturated rings. The van der Waals surface area contributed by atoms with Crippen LogP contribution in [0.1, 0.15) is 5.56 Å². The summed E-state index contributed by atoms with van der Waals surface area (Å²) in [6.07, 6.45) is 1.65. The van der Waals surface area contributed by atoms with Crippen LogP contribution in [0.25, 0.3) is 20.3 Å². The fourth-order valence-corrected chi connectivity index (χ4v) is 4.34. The lowest BCUT2D eigenvalue weighted by atomic mass is 10.2. The standard InChI is InChI=1S/C19H15N3OS2/c1-13-4-6-14(7-5-13)21-19(23)22-15(10-11-20-22)16-8-9-18(25-16)17-3-2-12-24-17/h2-12H,1H3,(H,21,23). The zero-order chi connectivity index (χ0) is 17.2. The fourth-order valence-electron chi connectivity index (χ4n) is 2.49. The molecule has 0 atom stereocenters. The number of aryl methyl sites for hydroxylation is 1. The number of rotatable bonds is 3. The van der Waals surface area contributed by atoms with Crippen molar-refractivity contribution in [3.05, 3.63) is 71.7 Å². The van der Waals surface area contributed by atoms with Crippen LogP contribution in [-0.2, 0) is 0 Å². The summed E-state index contributed by atoms with van der Waals surface area (Å²) < 4.78 is 1.41. The van der Waals surface area contributed by atoms with Crippen molar-refractivity contribution >= 4 is 34.4 Å². The Balaban J connectivity index is 1.60. The molecule has 25 heavy (non-hydrogen) atoms. The Hall–Kier alpha value is -2.70. The van der Waals surface area contributed by atoms with Gasteiger partial charge in [-0.25, -0.2) is 4.79 Å². The Kier molecular flexibility index (Phi) is 4.21. The first-order valence-corrected chi connectivity index (χ1v) is 9.46. The van der Waals surface area contributed by atoms with E-state index < -0.39 is 0 Å². The van der Waals surface area contributed by atoms with Crippen LogP contribution in [0, 0.1) is 6.92 Å². The van der Waals surface area contributed by atoms with Gasteiger partial charge in [0.05, 0.1) is 16.8 Å². The van der Waals surface area contributed by atoms with Gasteiger partial charge in [-0.2, -0.15) is 9.78 Å². The van der Waals surface area contributed by atoms with Gasteiger partial charge in [0, 0.05) is 15.4 Å². The SMILES string of the molecule is Cc1ccc(NC(=O)n2nccc2-c2ccc(-c3cccs3)s2)cc1. The Morgan fingerprint density at radius 2 is 1.80 bits per heavy atom. The second-order valence-electron chi connectivity index (χ2n) is 5.57. The highest BCUT2D eigenvalue weighted by Gasteiger charge is 2.15. The normalized spacial score (nSPS) is 10.8. The molecule has 0 aliphatic rings. The van der Waals surface area contributed by atoms with Crippen molar-refractivity contribution < 1.29 is 4.79 Å². The molecule has 0 saturated heterocycles. The molecule has 6 heteroatoms. The number of benzene rings is 1. The molecule has 0 aliphatic carbocycles. The van der Waals surface area contributed by atoms with Crippen molar-refractivity contribution in [1.82, 2.24) is 9.78 Å². The van der Waals surface area contributed by atoms with E-state index in [2.05, 4.69) is 27.9 Å². The average molecular weight is 365 g/mol. The Bertz CT molecular complexity index is 998. The summed E-state index contributed by atoms with van der Waals surface area (Å²) in [7, 11) is 0. The summed E-state index contributed by atoms with van der Waals surface area (Å²) in [6, 6.07) is 17.5. The van der Waals surface area contributed by atoms with Crippen molar-refractivity contribution in [1.29, 1.82) is 0 Å². The van der Waals surface area contributed by atoms with Gasteiger partial charge in [0.15, 0.2) is 0 Å². The first-order chi connectivity index (χ1) is 12.2. The minimum absolute atomic E-state index is 0.269. The maximum Gasteiger partial charge on any atom is 0.347 e. The van der Waals surface area contributed by atoms with Gasteiger partial charge in [0.25, 0.3) is 0 Å². The van der Waals surface area contributed by atoms with E-state index in [1.165, 1.54) is 14.4 Å². The third-order valence-corrected chi connectivity index (χ3v) is 5.93. The Morgan fingerprint density at radius 3 is 2.56 bits per heavy atom. The number of nitrogens with one attached hydrogen (secondary N) is 1. The van der Waals surface area contributed by atoms with E-state index in [1.54, 1.807) is 28.9 Å². The van der Waals surface area contributed by atoms with Crippen molar-refractivity contribution in [3.63, 3.8) is 0 Å². The van der Waals surface area contributed by atoms with Crippen LogP contribution in [-0.4, -0.2) is 15.8 Å². The maximum absolute atomic E-state index is 12.6. The van der Waals surface area contributed by atoms with E-state index in [4.69, 9.17) is 0 Å². The molecule has 0 aliphatic heterocycles. The molecule has 4 rings (SSSR count). The summed E-state index contributed by atoms with van der Waals surface area (Å²) in [6.45, 7) is 2.01. The molecule has 3 heterocycles. The third kappa shape index (κ3) is 3.26. The molecular formula is C19H15N3OS2. The summed E-state index contributed by atoms with van der Waals surface area (Å²) in [5.41, 5.74) is 2.69. The van der Waals surface area contributed by atoms with Crippen LogP contribution in [0.15, 0.2) is 66.2 Å². The largest absolute Gasteiger partial charge is 0.347 e. The summed E-state index contributed by atoms with van der Waals surface area (Å²) >= 11 is 3.37. The molecule has 0 spiro atoms. The van der Waals surface area contributed by atoms with Gasteiger partial charge >= 0.3 is 6.03 Å². The number of aromatic nitrogens is 2. The molecule has 124 valence electrons. The number of carbonyl (C=O) groups excluding carboxylic acids is 1. The highest BCUT2D eigenvalue weighted by molar-refractivity contribution is 7.23. The monoisotopic (exact) mass is 365 g/mol. The smallest absolute Gasteiger partial charge is 0.306 e. The Morgan fingerprint density at radius 1 is 1.00 bits per heavy atom. The first-order valence-electron chi connectivity index (χ1n) is 7.77. The second kappa shape index (κ2) is 6.66. The highest BCUT2D eigenvalue weighted by atomic mass is 32.1. The Labute approximate surface area is 153 Å². The van der Waals surface area contributed by atoms with Crippen molar-refractivity contribution in [2.24, 2.45) is 0 Å². The van der Waals surface area contributed by atoms with Crippen LogP contribution in [0.2, 0.25) is 0 Å². The summed E-state index contributed by atoms with van der Waals surface area (Å²) in [4.78, 5) is 16.0. The van der Waals surface area contributed by atoms with Crippen molar-refractivity contribution in [2.45, 2.75) is 6.92 Å². The van der Waals surface area contributed by atoms with Crippen molar-refractivity contribution in [3.8, 4) is 20.3 Å². The van der Waals surface area contributed by atoms with E-state index in [9.17, 15) is 4.79 Å². The lowest BCUT2D eigenvalue weighted by molar-refractivity contribution is 0.251. The van der Waals surface area contributed by atoms with Crippen LogP contribution in [0.3, 0.4) is 0 Å². The van der Waals surface area contributed by atoms with Crippen LogP contribution in [0.4, 0.5) is 10.5 Å². The number of amides is 1. The molecule has 4 nitrogen and oxygen atoms in total. The topological polar surface area (TPSA) is 46.9 Å². The predicted octanol–water partition coefficient (Wildman–Crippen LogP) is 5.73. The number of thiophene rings is 2. The predicted molar refractivity (Wildman–Crippen MR) is 104 cm³/mol. The molecule has 1 amide bonds. The molecule has 0 unspecified atom stereocenters. The van der Waals surface area contributed by atoms with Gasteiger partial charge in [-0.3, -0.25) is 0 Å². The number of nitrogens with zero attached hydrogens (tertiary/aromatic N) is 2. The molecule has 0 saturated carbocycles. The minimum Gasteiger partial charge on any atom is -0.306 e. The summed E-state index contributed by atoms with van der Waals surface area (Å²) in [5, 5.41) is 9.14. The minimum atomic E-state index is -0.269. The number of carbonyl (C=O) groups is 1. The van der Waals surface area contributed by atoms with Crippen LogP contribution in [0.5, 0.6) is 0 Å². The van der Waals surface area contributed by atoms with E-state index in [1.807, 2.05) is 49.4 Å². The van der Waals surface area contributed by atoms with E-state index in [0.717, 1.165) is 21.8 Å². The molecule has 4 aromatic rings. The van der Waals surface area contributed by atoms with E-state index >= 15 is 0 Å². The average Bonchev–Trinajstić information content (AvgIpc) is 3.36. The lowest BCUT2D eigenvalue weighted by Gasteiger charge is -2.07. The van der Waals surface area contributed by atoms with Gasteiger partial charge in [0.1, 0.15) is 0 Å². The number of anilines is 1. The molecular weight excluding hydrogens is 350 g/mol. The van der Waals surface area contributed by atoms with Gasteiger partial charge in [-0.05, 0) is 48.7 Å². The number of hydrogen-bond acceptors (Lipinski definition) is 4. The number of hydrogen-bond donors (Lipinski definition) is 1. The molecule has 1 N–H and O–H groups in total. The fraction of sp³-hybridized carbons (Fsp3) is 0.0526. The molecule has 0 bridgehead atoms. The van der Waals surface area contributed by atoms with Crippen LogP contribution >= 0.6 is 22.7 Å². The summed E-state index contributed by atoms with van der Waals surface area (Å²) in [5.74, 6) is 0. The highest BCUT2D eigenvalue weighted by Crippen LogP contribution is 2.36. The van der Waals surface area contributed by atoms with Crippen molar-refractivity contribution in [2.75, 3.05) is 5.32 Å². The zero-order valence-corrected chi connectivity index (χ0v) is 15.1. The molecule has 1 aromatic carbocycles. The van der Waals surface area contributed by atoms with E-state index in [-0.39, 0.29) is 6.03 Å². The third-order valence-electron chi connectivity index (χ3n) is 3.76. The zero-order valence-electron chi connectivity index (χ0n) is 13.5. The van der Waals surface area contributed by atoms with Gasteiger partial charge in [0.2, 0.25) is 0 Å². The quantitative estimate of drug-likeness (QED) is 0.504. The van der Waals surface area contributed by atoms with Gasteiger partial charge in [-0.1, -0.05) is 23.8 Å². The lowest BCUT2D eigenvalue weighted by Crippen LogP contribution is -2.21.